The van der Waals surface area contributed by atoms with Crippen molar-refractivity contribution < 1.29 is 18.8 Å². The summed E-state index contributed by atoms with van der Waals surface area (Å²) in [5.41, 5.74) is 13.3. The average molecular weight is 588 g/mol. The molecule has 2 saturated heterocycles. The standard InChI is InChI=1S/C32H38FN7O3/c1-3-26(37-31(34)35)28-30(42)39(27(29(41)36-2)17-21-8-11-22-6-4-5-7-23(22)16-21)15-14-25-19-38(32(43)40(25)28)18-20-9-12-24(33)13-10-20/h4-13,16,25-28H,3,14-15,17-19H2,1-2H3,(H,36,41)(H4,34,35,37)/t25-,26?,27-,28-/m0/s1. The number of carbonyl (C=O) groups is 3. The lowest BCUT2D eigenvalue weighted by atomic mass is 9.98. The van der Waals surface area contributed by atoms with E-state index in [4.69, 9.17) is 11.5 Å². The van der Waals surface area contributed by atoms with Gasteiger partial charge < -0.3 is 31.5 Å². The van der Waals surface area contributed by atoms with Gasteiger partial charge in [-0.1, -0.05) is 61.5 Å². The van der Waals surface area contributed by atoms with Crippen molar-refractivity contribution in [2.75, 3.05) is 20.1 Å². The van der Waals surface area contributed by atoms with Crippen molar-refractivity contribution in [1.82, 2.24) is 20.0 Å². The summed E-state index contributed by atoms with van der Waals surface area (Å²) in [6, 6.07) is 16.9. The number of hydrogen-bond donors (Lipinski definition) is 3. The summed E-state index contributed by atoms with van der Waals surface area (Å²) in [7, 11) is 1.55. The van der Waals surface area contributed by atoms with Gasteiger partial charge in [-0.25, -0.2) is 14.2 Å². The summed E-state index contributed by atoms with van der Waals surface area (Å²) < 4.78 is 13.5. The number of amides is 4. The quantitative estimate of drug-likeness (QED) is 0.261. The summed E-state index contributed by atoms with van der Waals surface area (Å²) in [5.74, 6) is -1.19. The van der Waals surface area contributed by atoms with Crippen LogP contribution in [0.1, 0.15) is 30.9 Å². The van der Waals surface area contributed by atoms with Gasteiger partial charge in [-0.3, -0.25) is 9.59 Å². The average Bonchev–Trinajstić information content (AvgIpc) is 3.22. The van der Waals surface area contributed by atoms with Crippen molar-refractivity contribution in [3.05, 3.63) is 83.7 Å². The minimum Gasteiger partial charge on any atom is -0.370 e. The van der Waals surface area contributed by atoms with E-state index in [1.807, 2.05) is 49.4 Å². The van der Waals surface area contributed by atoms with E-state index < -0.39 is 18.1 Å². The zero-order valence-corrected chi connectivity index (χ0v) is 24.4. The second-order valence-electron chi connectivity index (χ2n) is 11.2. The molecule has 43 heavy (non-hydrogen) atoms. The lowest BCUT2D eigenvalue weighted by Crippen LogP contribution is -2.58. The Bertz CT molecular complexity index is 1520. The number of aliphatic imine (C=N–C) groups is 1. The fraction of sp³-hybridized carbons (Fsp3) is 0.375. The molecule has 0 aromatic heterocycles. The molecule has 2 fully saturated rings. The van der Waals surface area contributed by atoms with Crippen molar-refractivity contribution in [2.24, 2.45) is 16.5 Å². The van der Waals surface area contributed by atoms with Crippen molar-refractivity contribution >= 4 is 34.6 Å². The topological polar surface area (TPSA) is 137 Å². The SMILES string of the molecule is CCC(N=C(N)N)[C@H]1C(=O)N([C@@H](Cc2ccc3ccccc3c2)C(=O)NC)CC[C@H]2CN(Cc3ccc(F)cc3)C(=O)N21. The van der Waals surface area contributed by atoms with Gasteiger partial charge in [0.15, 0.2) is 5.96 Å². The monoisotopic (exact) mass is 587 g/mol. The van der Waals surface area contributed by atoms with Crippen LogP contribution in [0.4, 0.5) is 9.18 Å². The minimum absolute atomic E-state index is 0.180. The molecule has 4 atom stereocenters. The number of guanidine groups is 1. The molecule has 3 aromatic carbocycles. The fourth-order valence-corrected chi connectivity index (χ4v) is 6.28. The maximum Gasteiger partial charge on any atom is 0.321 e. The fourth-order valence-electron chi connectivity index (χ4n) is 6.28. The van der Waals surface area contributed by atoms with Crippen molar-refractivity contribution in [3.8, 4) is 0 Å². The molecule has 1 unspecified atom stereocenters. The third-order valence-corrected chi connectivity index (χ3v) is 8.41. The molecule has 10 nitrogen and oxygen atoms in total. The predicted octanol–water partition coefficient (Wildman–Crippen LogP) is 2.60. The molecule has 11 heteroatoms. The predicted molar refractivity (Wildman–Crippen MR) is 163 cm³/mol. The molecule has 2 aliphatic rings. The first-order valence-corrected chi connectivity index (χ1v) is 14.6. The van der Waals surface area contributed by atoms with Gasteiger partial charge in [-0.05, 0) is 46.9 Å². The van der Waals surface area contributed by atoms with Gasteiger partial charge in [0.05, 0.1) is 12.1 Å². The lowest BCUT2D eigenvalue weighted by molar-refractivity contribution is -0.143. The third kappa shape index (κ3) is 6.25. The number of halogens is 1. The van der Waals surface area contributed by atoms with Crippen LogP contribution in [0.3, 0.4) is 0 Å². The Kier molecular flexibility index (Phi) is 8.79. The highest BCUT2D eigenvalue weighted by Crippen LogP contribution is 2.32. The highest BCUT2D eigenvalue weighted by molar-refractivity contribution is 5.94. The summed E-state index contributed by atoms with van der Waals surface area (Å²) in [4.78, 5) is 51.0. The summed E-state index contributed by atoms with van der Waals surface area (Å²) >= 11 is 0. The molecule has 4 amide bonds. The van der Waals surface area contributed by atoms with Gasteiger partial charge >= 0.3 is 6.03 Å². The van der Waals surface area contributed by atoms with E-state index in [-0.39, 0.29) is 48.8 Å². The molecular formula is C32H38FN7O3. The largest absolute Gasteiger partial charge is 0.370 e. The van der Waals surface area contributed by atoms with E-state index in [0.717, 1.165) is 21.9 Å². The molecular weight excluding hydrogens is 549 g/mol. The van der Waals surface area contributed by atoms with E-state index in [1.165, 1.54) is 12.1 Å². The molecule has 2 aliphatic heterocycles. The Labute approximate surface area is 250 Å². The van der Waals surface area contributed by atoms with Crippen molar-refractivity contribution in [1.29, 1.82) is 0 Å². The maximum atomic E-state index is 14.5. The number of likely N-dealkylation sites (N-methyl/N-ethyl adjacent to an activating group) is 1. The lowest BCUT2D eigenvalue weighted by Gasteiger charge is -2.36. The highest BCUT2D eigenvalue weighted by atomic mass is 19.1. The van der Waals surface area contributed by atoms with Gasteiger partial charge in [0.2, 0.25) is 11.8 Å². The number of hydrogen-bond acceptors (Lipinski definition) is 4. The van der Waals surface area contributed by atoms with E-state index >= 15 is 0 Å². The molecule has 0 bridgehead atoms. The number of benzene rings is 3. The number of carbonyl (C=O) groups excluding carboxylic acids is 3. The number of fused-ring (bicyclic) bond motifs is 2. The summed E-state index contributed by atoms with van der Waals surface area (Å²) in [6.45, 7) is 2.79. The van der Waals surface area contributed by atoms with Crippen molar-refractivity contribution in [3.63, 3.8) is 0 Å². The van der Waals surface area contributed by atoms with Crippen molar-refractivity contribution in [2.45, 2.75) is 56.9 Å². The number of nitrogens with one attached hydrogen (secondary N) is 1. The Hall–Kier alpha value is -4.67. The first-order chi connectivity index (χ1) is 20.7. The Morgan fingerprint density at radius 3 is 2.42 bits per heavy atom. The molecule has 226 valence electrons. The molecule has 0 radical (unpaired) electrons. The molecule has 0 saturated carbocycles. The Morgan fingerprint density at radius 1 is 1.05 bits per heavy atom. The first kappa shape index (κ1) is 29.8. The Morgan fingerprint density at radius 2 is 1.74 bits per heavy atom. The minimum atomic E-state index is -1.01. The highest BCUT2D eigenvalue weighted by Gasteiger charge is 2.51. The van der Waals surface area contributed by atoms with Crippen LogP contribution in [0, 0.1) is 5.82 Å². The number of rotatable bonds is 9. The smallest absolute Gasteiger partial charge is 0.321 e. The van der Waals surface area contributed by atoms with E-state index in [1.54, 1.807) is 33.9 Å². The van der Waals surface area contributed by atoms with Crippen LogP contribution >= 0.6 is 0 Å². The van der Waals surface area contributed by atoms with E-state index in [9.17, 15) is 18.8 Å². The van der Waals surface area contributed by atoms with Gasteiger partial charge in [-0.2, -0.15) is 0 Å². The zero-order chi connectivity index (χ0) is 30.7. The van der Waals surface area contributed by atoms with Crippen LogP contribution in [0.25, 0.3) is 10.8 Å². The summed E-state index contributed by atoms with van der Waals surface area (Å²) in [6.07, 6.45) is 1.17. The van der Waals surface area contributed by atoms with Gasteiger partial charge in [-0.15, -0.1) is 0 Å². The molecule has 5 rings (SSSR count). The maximum absolute atomic E-state index is 14.5. The van der Waals surface area contributed by atoms with Gasteiger partial charge in [0.1, 0.15) is 17.9 Å². The van der Waals surface area contributed by atoms with E-state index in [2.05, 4.69) is 10.3 Å². The van der Waals surface area contributed by atoms with Crippen LogP contribution in [-0.2, 0) is 22.6 Å². The van der Waals surface area contributed by atoms with Crippen LogP contribution in [0.2, 0.25) is 0 Å². The second kappa shape index (κ2) is 12.7. The molecule has 0 aliphatic carbocycles. The van der Waals surface area contributed by atoms with Crippen LogP contribution in [0.5, 0.6) is 0 Å². The molecule has 0 spiro atoms. The number of urea groups is 1. The second-order valence-corrected chi connectivity index (χ2v) is 11.2. The molecule has 2 heterocycles. The molecule has 3 aromatic rings. The Balaban J connectivity index is 1.48. The van der Waals surface area contributed by atoms with Gasteiger partial charge in [0.25, 0.3) is 0 Å². The third-order valence-electron chi connectivity index (χ3n) is 8.41. The van der Waals surface area contributed by atoms with Gasteiger partial charge in [0, 0.05) is 33.1 Å². The summed E-state index contributed by atoms with van der Waals surface area (Å²) in [5, 5.41) is 4.86. The van der Waals surface area contributed by atoms with Crippen LogP contribution in [-0.4, -0.2) is 82.8 Å². The van der Waals surface area contributed by atoms with Crippen LogP contribution in [0.15, 0.2) is 71.7 Å². The molecule has 5 N–H and O–H groups in total. The van der Waals surface area contributed by atoms with E-state index in [0.29, 0.717) is 25.8 Å². The first-order valence-electron chi connectivity index (χ1n) is 14.6. The zero-order valence-electron chi connectivity index (χ0n) is 24.4. The number of nitrogens with zero attached hydrogens (tertiary/aromatic N) is 4. The number of nitrogens with two attached hydrogens (primary N) is 2. The van der Waals surface area contributed by atoms with Crippen LogP contribution < -0.4 is 16.8 Å². The normalized spacial score (nSPS) is 20.0.